The van der Waals surface area contributed by atoms with Gasteiger partial charge in [-0.25, -0.2) is 8.78 Å². The topological polar surface area (TPSA) is 49.4 Å². The van der Waals surface area contributed by atoms with E-state index in [1.165, 1.54) is 13.8 Å². The molecule has 0 aromatic rings. The molecule has 1 rings (SSSR count). The highest BCUT2D eigenvalue weighted by Gasteiger charge is 2.51. The fraction of sp³-hybridized carbons (Fsp3) is 0.818. The van der Waals surface area contributed by atoms with Crippen LogP contribution in [0.1, 0.15) is 34.1 Å². The van der Waals surface area contributed by atoms with Crippen molar-refractivity contribution in [3.05, 3.63) is 0 Å². The monoisotopic (exact) mass is 248 g/mol. The van der Waals surface area contributed by atoms with Gasteiger partial charge >= 0.3 is 0 Å². The number of hydrogen-bond donors (Lipinski definition) is 1. The molecule has 6 heteroatoms. The number of carbonyl (C=O) groups is 2. The van der Waals surface area contributed by atoms with Crippen molar-refractivity contribution < 1.29 is 18.4 Å². The third-order valence-electron chi connectivity index (χ3n) is 3.36. The lowest BCUT2D eigenvalue weighted by molar-refractivity contribution is -0.162. The largest absolute Gasteiger partial charge is 0.340 e. The number of amides is 2. The molecule has 1 aliphatic heterocycles. The number of piperazine rings is 1. The van der Waals surface area contributed by atoms with Crippen molar-refractivity contribution in [3.63, 3.8) is 0 Å². The van der Waals surface area contributed by atoms with Crippen LogP contribution in [-0.2, 0) is 9.59 Å². The molecule has 0 aliphatic carbocycles. The molecule has 0 aromatic heterocycles. The van der Waals surface area contributed by atoms with Crippen molar-refractivity contribution in [2.75, 3.05) is 6.54 Å². The van der Waals surface area contributed by atoms with Crippen LogP contribution in [0.15, 0.2) is 0 Å². The molecular weight excluding hydrogens is 230 g/mol. The highest BCUT2D eigenvalue weighted by molar-refractivity contribution is 6.01. The minimum absolute atomic E-state index is 0.368. The molecule has 0 spiro atoms. The van der Waals surface area contributed by atoms with Gasteiger partial charge in [0.15, 0.2) is 0 Å². The van der Waals surface area contributed by atoms with Crippen molar-refractivity contribution in [2.45, 2.75) is 51.6 Å². The molecule has 0 aromatic carbocycles. The van der Waals surface area contributed by atoms with E-state index in [1.807, 2.05) is 0 Å². The minimum Gasteiger partial charge on any atom is -0.340 e. The second-order valence-electron chi connectivity index (χ2n) is 5.01. The Labute approximate surface area is 99.3 Å². The van der Waals surface area contributed by atoms with E-state index in [0.717, 1.165) is 4.90 Å². The number of halogens is 2. The Bertz CT molecular complexity index is 344. The number of hydrogen-bond acceptors (Lipinski definition) is 2. The molecule has 4 nitrogen and oxygen atoms in total. The Morgan fingerprint density at radius 2 is 1.82 bits per heavy atom. The Morgan fingerprint density at radius 3 is 2.24 bits per heavy atom. The van der Waals surface area contributed by atoms with Crippen molar-refractivity contribution in [3.8, 4) is 0 Å². The Kier molecular flexibility index (Phi) is 3.45. The van der Waals surface area contributed by atoms with Gasteiger partial charge in [-0.1, -0.05) is 6.92 Å². The lowest BCUT2D eigenvalue weighted by Crippen LogP contribution is -2.73. The van der Waals surface area contributed by atoms with Crippen LogP contribution in [0.2, 0.25) is 0 Å². The smallest absolute Gasteiger partial charge is 0.255 e. The molecule has 0 bridgehead atoms. The predicted octanol–water partition coefficient (Wildman–Crippen LogP) is 1.16. The van der Waals surface area contributed by atoms with Crippen molar-refractivity contribution >= 4 is 11.8 Å². The van der Waals surface area contributed by atoms with Crippen LogP contribution in [0.5, 0.6) is 0 Å². The number of nitrogens with one attached hydrogen (secondary N) is 1. The summed E-state index contributed by atoms with van der Waals surface area (Å²) in [5, 5.41) is 2.61. The molecule has 1 heterocycles. The molecule has 1 saturated heterocycles. The van der Waals surface area contributed by atoms with E-state index in [2.05, 4.69) is 5.32 Å². The van der Waals surface area contributed by atoms with Crippen molar-refractivity contribution in [2.24, 2.45) is 0 Å². The lowest BCUT2D eigenvalue weighted by atomic mass is 9.87. The van der Waals surface area contributed by atoms with Crippen LogP contribution in [0, 0.1) is 0 Å². The van der Waals surface area contributed by atoms with Crippen LogP contribution in [-0.4, -0.2) is 40.8 Å². The van der Waals surface area contributed by atoms with E-state index in [0.29, 0.717) is 6.42 Å². The molecule has 1 atom stereocenters. The van der Waals surface area contributed by atoms with Crippen molar-refractivity contribution in [1.82, 2.24) is 10.2 Å². The summed E-state index contributed by atoms with van der Waals surface area (Å²) >= 11 is 0. The third-order valence-corrected chi connectivity index (χ3v) is 3.36. The summed E-state index contributed by atoms with van der Waals surface area (Å²) in [7, 11) is 0. The first kappa shape index (κ1) is 13.9. The van der Waals surface area contributed by atoms with Crippen LogP contribution >= 0.6 is 0 Å². The Morgan fingerprint density at radius 1 is 1.29 bits per heavy atom. The second-order valence-corrected chi connectivity index (χ2v) is 5.01. The first-order valence-electron chi connectivity index (χ1n) is 5.58. The minimum atomic E-state index is -2.65. The van der Waals surface area contributed by atoms with E-state index >= 15 is 0 Å². The zero-order valence-electron chi connectivity index (χ0n) is 10.5. The molecule has 0 saturated carbocycles. The second kappa shape index (κ2) is 4.23. The number of carbonyl (C=O) groups excluding carboxylic acids is 2. The molecule has 1 fully saturated rings. The highest BCUT2D eigenvalue weighted by atomic mass is 19.3. The summed E-state index contributed by atoms with van der Waals surface area (Å²) in [5.74, 6) is -0.855. The van der Waals surface area contributed by atoms with Crippen LogP contribution < -0.4 is 5.32 Å². The van der Waals surface area contributed by atoms with Crippen molar-refractivity contribution in [1.29, 1.82) is 0 Å². The number of nitrogens with zero attached hydrogens (tertiary/aromatic N) is 1. The van der Waals surface area contributed by atoms with Crippen LogP contribution in [0.25, 0.3) is 0 Å². The summed E-state index contributed by atoms with van der Waals surface area (Å²) in [5.41, 5.74) is -2.32. The summed E-state index contributed by atoms with van der Waals surface area (Å²) in [6.45, 7) is 5.52. The molecule has 1 aliphatic rings. The summed E-state index contributed by atoms with van der Waals surface area (Å²) < 4.78 is 25.0. The maximum absolute atomic E-state index is 12.5. The molecule has 0 radical (unpaired) electrons. The normalized spacial score (nSPS) is 28.5. The van der Waals surface area contributed by atoms with E-state index in [1.54, 1.807) is 13.8 Å². The van der Waals surface area contributed by atoms with Gasteiger partial charge in [0.25, 0.3) is 6.43 Å². The lowest BCUT2D eigenvalue weighted by Gasteiger charge is -2.48. The van der Waals surface area contributed by atoms with Gasteiger partial charge < -0.3 is 10.2 Å². The van der Waals surface area contributed by atoms with Gasteiger partial charge in [0.05, 0.1) is 6.54 Å². The molecule has 98 valence electrons. The SMILES string of the molecule is CCC1(C)NC(=O)C(C)(C)N(CC(F)F)C1=O. The fourth-order valence-electron chi connectivity index (χ4n) is 1.82. The first-order valence-corrected chi connectivity index (χ1v) is 5.58. The van der Waals surface area contributed by atoms with Gasteiger partial charge in [0.2, 0.25) is 11.8 Å². The Hall–Kier alpha value is -1.20. The first-order chi connectivity index (χ1) is 7.65. The molecule has 1 unspecified atom stereocenters. The van der Waals surface area contributed by atoms with Crippen LogP contribution in [0.4, 0.5) is 8.78 Å². The highest BCUT2D eigenvalue weighted by Crippen LogP contribution is 2.28. The zero-order chi connectivity index (χ0) is 13.4. The quantitative estimate of drug-likeness (QED) is 0.814. The average molecular weight is 248 g/mol. The molecule has 2 amide bonds. The average Bonchev–Trinajstić information content (AvgIpc) is 2.22. The van der Waals surface area contributed by atoms with E-state index in [-0.39, 0.29) is 0 Å². The fourth-order valence-corrected chi connectivity index (χ4v) is 1.82. The van der Waals surface area contributed by atoms with Gasteiger partial charge in [-0.3, -0.25) is 9.59 Å². The summed E-state index contributed by atoms with van der Waals surface area (Å²) in [6.07, 6.45) is -2.28. The van der Waals surface area contributed by atoms with Gasteiger partial charge in [-0.2, -0.15) is 0 Å². The number of rotatable bonds is 3. The molecule has 1 N–H and O–H groups in total. The van der Waals surface area contributed by atoms with Gasteiger partial charge in [0, 0.05) is 0 Å². The maximum atomic E-state index is 12.5. The van der Waals surface area contributed by atoms with Gasteiger partial charge in [0.1, 0.15) is 11.1 Å². The van der Waals surface area contributed by atoms with E-state index in [9.17, 15) is 18.4 Å². The third kappa shape index (κ3) is 2.25. The van der Waals surface area contributed by atoms with Crippen LogP contribution in [0.3, 0.4) is 0 Å². The van der Waals surface area contributed by atoms with E-state index in [4.69, 9.17) is 0 Å². The standard InChI is InChI=1S/C11H18F2N2O2/c1-5-11(4)9(17)15(6-7(12)13)10(2,3)8(16)14-11/h7H,5-6H2,1-4H3,(H,14,16). The Balaban J connectivity index is 3.11. The van der Waals surface area contributed by atoms with Gasteiger partial charge in [-0.15, -0.1) is 0 Å². The van der Waals surface area contributed by atoms with E-state index < -0.39 is 35.9 Å². The number of alkyl halides is 2. The molecular formula is C11H18F2N2O2. The summed E-state index contributed by atoms with van der Waals surface area (Å²) in [6, 6.07) is 0. The maximum Gasteiger partial charge on any atom is 0.255 e. The summed E-state index contributed by atoms with van der Waals surface area (Å²) in [4.78, 5) is 25.0. The zero-order valence-corrected chi connectivity index (χ0v) is 10.5. The van der Waals surface area contributed by atoms with Gasteiger partial charge in [-0.05, 0) is 27.2 Å². The predicted molar refractivity (Wildman–Crippen MR) is 58.6 cm³/mol. The molecule has 17 heavy (non-hydrogen) atoms.